The number of ether oxygens (including phenoxy) is 1. The van der Waals surface area contributed by atoms with Crippen LogP contribution >= 0.6 is 11.6 Å². The van der Waals surface area contributed by atoms with Crippen LogP contribution in [0.15, 0.2) is 30.7 Å². The zero-order valence-corrected chi connectivity index (χ0v) is 9.77. The van der Waals surface area contributed by atoms with Crippen molar-refractivity contribution in [2.75, 3.05) is 0 Å². The van der Waals surface area contributed by atoms with Gasteiger partial charge in [-0.25, -0.2) is 4.98 Å². The number of hydrogen-bond acceptors (Lipinski definition) is 4. The smallest absolute Gasteiger partial charge is 0.237 e. The molecule has 0 aromatic carbocycles. The zero-order valence-electron chi connectivity index (χ0n) is 9.01. The lowest BCUT2D eigenvalue weighted by Crippen LogP contribution is -1.94. The van der Waals surface area contributed by atoms with Crippen molar-refractivity contribution in [2.24, 2.45) is 0 Å². The maximum Gasteiger partial charge on any atom is 0.237 e. The Kier molecular flexibility index (Phi) is 3.22. The SMILES string of the molecule is Cc1ccnc(Oc2cncc(Cl)c2)c1C#N. The van der Waals surface area contributed by atoms with Crippen molar-refractivity contribution in [3.8, 4) is 17.7 Å². The molecule has 0 radical (unpaired) electrons. The molecule has 0 aliphatic heterocycles. The molecule has 0 fully saturated rings. The minimum Gasteiger partial charge on any atom is -0.436 e. The molecule has 0 amide bonds. The molecule has 0 bridgehead atoms. The topological polar surface area (TPSA) is 58.8 Å². The monoisotopic (exact) mass is 245 g/mol. The Morgan fingerprint density at radius 3 is 2.94 bits per heavy atom. The zero-order chi connectivity index (χ0) is 12.3. The fraction of sp³-hybridized carbons (Fsp3) is 0.0833. The van der Waals surface area contributed by atoms with E-state index in [-0.39, 0.29) is 5.88 Å². The quantitative estimate of drug-likeness (QED) is 0.816. The van der Waals surface area contributed by atoms with Crippen LogP contribution in [0.25, 0.3) is 0 Å². The number of pyridine rings is 2. The van der Waals surface area contributed by atoms with E-state index in [1.54, 1.807) is 18.3 Å². The molecule has 0 atom stereocenters. The van der Waals surface area contributed by atoms with E-state index in [0.29, 0.717) is 16.3 Å². The predicted octanol–water partition coefficient (Wildman–Crippen LogP) is 3.10. The van der Waals surface area contributed by atoms with E-state index in [1.807, 2.05) is 6.92 Å². The number of aromatic nitrogens is 2. The van der Waals surface area contributed by atoms with Gasteiger partial charge in [0.1, 0.15) is 17.4 Å². The molecule has 0 saturated heterocycles. The second kappa shape index (κ2) is 4.81. The molecule has 17 heavy (non-hydrogen) atoms. The number of halogens is 1. The van der Waals surface area contributed by atoms with Crippen LogP contribution in [0.2, 0.25) is 5.02 Å². The highest BCUT2D eigenvalue weighted by atomic mass is 35.5. The van der Waals surface area contributed by atoms with E-state index in [9.17, 15) is 0 Å². The van der Waals surface area contributed by atoms with Crippen LogP contribution in [-0.2, 0) is 0 Å². The Balaban J connectivity index is 2.37. The molecule has 2 heterocycles. The summed E-state index contributed by atoms with van der Waals surface area (Å²) in [6, 6.07) is 5.42. The molecule has 2 rings (SSSR count). The molecule has 5 heteroatoms. The molecule has 0 unspecified atom stereocenters. The lowest BCUT2D eigenvalue weighted by molar-refractivity contribution is 0.458. The summed E-state index contributed by atoms with van der Waals surface area (Å²) >= 11 is 5.79. The van der Waals surface area contributed by atoms with Gasteiger partial charge in [0.05, 0.1) is 11.2 Å². The van der Waals surface area contributed by atoms with Crippen LogP contribution in [-0.4, -0.2) is 9.97 Å². The Morgan fingerprint density at radius 1 is 1.41 bits per heavy atom. The number of nitrogens with zero attached hydrogens (tertiary/aromatic N) is 3. The minimum atomic E-state index is 0.261. The van der Waals surface area contributed by atoms with Crippen LogP contribution in [0.1, 0.15) is 11.1 Å². The summed E-state index contributed by atoms with van der Waals surface area (Å²) in [5.41, 5.74) is 1.22. The van der Waals surface area contributed by atoms with Crippen LogP contribution in [0, 0.1) is 18.3 Å². The van der Waals surface area contributed by atoms with Gasteiger partial charge in [-0.15, -0.1) is 0 Å². The predicted molar refractivity (Wildman–Crippen MR) is 63.0 cm³/mol. The van der Waals surface area contributed by atoms with Gasteiger partial charge >= 0.3 is 0 Å². The first kappa shape index (κ1) is 11.4. The summed E-state index contributed by atoms with van der Waals surface area (Å²) in [7, 11) is 0. The third-order valence-electron chi connectivity index (χ3n) is 2.13. The second-order valence-electron chi connectivity index (χ2n) is 3.36. The van der Waals surface area contributed by atoms with Crippen molar-refractivity contribution in [3.63, 3.8) is 0 Å². The van der Waals surface area contributed by atoms with Crippen LogP contribution < -0.4 is 4.74 Å². The van der Waals surface area contributed by atoms with E-state index < -0.39 is 0 Å². The van der Waals surface area contributed by atoms with Gasteiger partial charge in [-0.1, -0.05) is 11.6 Å². The largest absolute Gasteiger partial charge is 0.436 e. The van der Waals surface area contributed by atoms with Crippen LogP contribution in [0.5, 0.6) is 11.6 Å². The third kappa shape index (κ3) is 2.52. The van der Waals surface area contributed by atoms with Gasteiger partial charge < -0.3 is 4.74 Å². The van der Waals surface area contributed by atoms with Gasteiger partial charge in [0.15, 0.2) is 0 Å². The first-order valence-electron chi connectivity index (χ1n) is 4.85. The average Bonchev–Trinajstić information content (AvgIpc) is 2.29. The molecular formula is C12H8ClN3O. The first-order chi connectivity index (χ1) is 8.20. The molecule has 0 aliphatic carbocycles. The minimum absolute atomic E-state index is 0.261. The average molecular weight is 246 g/mol. The Hall–Kier alpha value is -2.12. The fourth-order valence-electron chi connectivity index (χ4n) is 1.31. The number of rotatable bonds is 2. The van der Waals surface area contributed by atoms with Gasteiger partial charge in [0.25, 0.3) is 0 Å². The number of hydrogen-bond donors (Lipinski definition) is 0. The molecule has 2 aromatic heterocycles. The normalized spacial score (nSPS) is 9.71. The summed E-state index contributed by atoms with van der Waals surface area (Å²) in [5.74, 6) is 0.712. The lowest BCUT2D eigenvalue weighted by atomic mass is 10.2. The summed E-state index contributed by atoms with van der Waals surface area (Å²) in [5, 5.41) is 9.49. The number of nitriles is 1. The molecule has 0 spiro atoms. The molecule has 0 saturated carbocycles. The van der Waals surface area contributed by atoms with E-state index in [4.69, 9.17) is 21.6 Å². The van der Waals surface area contributed by atoms with E-state index in [2.05, 4.69) is 16.0 Å². The third-order valence-corrected chi connectivity index (χ3v) is 2.34. The molecule has 0 aliphatic rings. The van der Waals surface area contributed by atoms with Crippen molar-refractivity contribution in [1.29, 1.82) is 5.26 Å². The fourth-order valence-corrected chi connectivity index (χ4v) is 1.47. The molecule has 4 nitrogen and oxygen atoms in total. The Morgan fingerprint density at radius 2 is 2.24 bits per heavy atom. The summed E-state index contributed by atoms with van der Waals surface area (Å²) in [4.78, 5) is 7.91. The van der Waals surface area contributed by atoms with E-state index in [0.717, 1.165) is 5.56 Å². The Bertz CT molecular complexity index is 593. The van der Waals surface area contributed by atoms with Crippen molar-refractivity contribution < 1.29 is 4.74 Å². The molecular weight excluding hydrogens is 238 g/mol. The van der Waals surface area contributed by atoms with Gasteiger partial charge in [-0.2, -0.15) is 5.26 Å². The van der Waals surface area contributed by atoms with Gasteiger partial charge in [0, 0.05) is 18.5 Å². The summed E-state index contributed by atoms with van der Waals surface area (Å²) in [6.07, 6.45) is 4.60. The standard InChI is InChI=1S/C12H8ClN3O/c1-8-2-3-16-12(11(8)5-14)17-10-4-9(13)6-15-7-10/h2-4,6-7H,1H3. The highest BCUT2D eigenvalue weighted by molar-refractivity contribution is 6.30. The Labute approximate surface area is 103 Å². The highest BCUT2D eigenvalue weighted by Gasteiger charge is 2.09. The van der Waals surface area contributed by atoms with E-state index >= 15 is 0 Å². The van der Waals surface area contributed by atoms with Crippen molar-refractivity contribution >= 4 is 11.6 Å². The second-order valence-corrected chi connectivity index (χ2v) is 3.80. The first-order valence-corrected chi connectivity index (χ1v) is 5.22. The maximum atomic E-state index is 9.02. The van der Waals surface area contributed by atoms with Gasteiger partial charge in [-0.3, -0.25) is 4.98 Å². The van der Waals surface area contributed by atoms with Crippen LogP contribution in [0.3, 0.4) is 0 Å². The van der Waals surface area contributed by atoms with Crippen molar-refractivity contribution in [2.45, 2.75) is 6.92 Å². The highest BCUT2D eigenvalue weighted by Crippen LogP contribution is 2.25. The van der Waals surface area contributed by atoms with E-state index in [1.165, 1.54) is 12.4 Å². The van der Waals surface area contributed by atoms with Gasteiger partial charge in [-0.05, 0) is 18.6 Å². The summed E-state index contributed by atoms with van der Waals surface area (Å²) in [6.45, 7) is 1.82. The molecule has 0 N–H and O–H groups in total. The number of aryl methyl sites for hydroxylation is 1. The summed E-state index contributed by atoms with van der Waals surface area (Å²) < 4.78 is 5.48. The maximum absolute atomic E-state index is 9.02. The molecule has 84 valence electrons. The van der Waals surface area contributed by atoms with Crippen molar-refractivity contribution in [1.82, 2.24) is 9.97 Å². The van der Waals surface area contributed by atoms with Crippen molar-refractivity contribution in [3.05, 3.63) is 46.9 Å². The van der Waals surface area contributed by atoms with Gasteiger partial charge in [0.2, 0.25) is 5.88 Å². The lowest BCUT2D eigenvalue weighted by Gasteiger charge is -2.07. The molecule has 2 aromatic rings. The van der Waals surface area contributed by atoms with Crippen LogP contribution in [0.4, 0.5) is 0 Å².